The van der Waals surface area contributed by atoms with Crippen molar-refractivity contribution < 1.29 is 56.4 Å². The molecule has 2 unspecified atom stereocenters. The van der Waals surface area contributed by atoms with Gasteiger partial charge in [0.25, 0.3) is 34.7 Å². The number of hydrogen-bond donors (Lipinski definition) is 14. The Morgan fingerprint density at radius 1 is 0.379 bits per heavy atom. The predicted molar refractivity (Wildman–Crippen MR) is 512 cm³/mol. The van der Waals surface area contributed by atoms with E-state index < -0.39 is 21.7 Å². The first kappa shape index (κ1) is 91.5. The SMILES string of the molecule is CC(Nc1nc(NC2CC2)n2ncc(/C=C3\CC(=O)NC3=O)c2n1)C1CC1.CC(Nc1nc(NC2CC2)n2ncc(/C=C3\CC(=O)NC3=O)c2n1)c1ccccc1.CS(=O)(=O)c1nc(Nc2ccccc2)n2ncc(/C=C3\CC(=O)NC3=O)c2n1.O=C1C/C(=C\c2cnn3c(NC4CC4)nc(NC4CC4)nc23)C(=O)N1.O=C1C/C(=C\c2cnn3c(NC4CC4)nc(NCCCN4CCCC4)nc23)C(=O)N1. The molecule has 2 atom stereocenters. The van der Waals surface area contributed by atoms with Gasteiger partial charge in [-0.2, -0.15) is 97.9 Å². The Bertz CT molecular complexity index is 7290. The number of benzene rings is 2. The highest BCUT2D eigenvalue weighted by Crippen LogP contribution is 2.37. The van der Waals surface area contributed by atoms with Crippen LogP contribution in [0.1, 0.15) is 182 Å². The number of fused-ring (bicyclic) bond motifs is 5. The topological polar surface area (TPSA) is 592 Å². The zero-order valence-corrected chi connectivity index (χ0v) is 77.2. The van der Waals surface area contributed by atoms with Gasteiger partial charge in [0.1, 0.15) is 0 Å². The number of anilines is 10. The minimum Gasteiger partial charge on any atom is -0.354 e. The highest BCUT2D eigenvalue weighted by molar-refractivity contribution is 7.90. The lowest BCUT2D eigenvalue weighted by Gasteiger charge is -2.15. The second kappa shape index (κ2) is 39.1. The molecule has 6 saturated heterocycles. The summed E-state index contributed by atoms with van der Waals surface area (Å²) in [4.78, 5) is 164. The summed E-state index contributed by atoms with van der Waals surface area (Å²) >= 11 is 0. The lowest BCUT2D eigenvalue weighted by Crippen LogP contribution is -2.22. The van der Waals surface area contributed by atoms with Gasteiger partial charge >= 0.3 is 0 Å². The van der Waals surface area contributed by atoms with E-state index in [0.717, 1.165) is 95.5 Å². The molecule has 12 aromatic rings. The number of amides is 10. The van der Waals surface area contributed by atoms with Gasteiger partial charge < -0.3 is 52.8 Å². The highest BCUT2D eigenvalue weighted by Gasteiger charge is 2.36. The Labute approximate surface area is 797 Å². The summed E-state index contributed by atoms with van der Waals surface area (Å²) in [5.41, 5.74) is 9.42. The summed E-state index contributed by atoms with van der Waals surface area (Å²) in [7, 11) is -3.71. The van der Waals surface area contributed by atoms with Crippen molar-refractivity contribution in [1.82, 2.24) is 129 Å². The molecule has 720 valence electrons. The third kappa shape index (κ3) is 22.2. The third-order valence-corrected chi connectivity index (χ3v) is 25.3. The van der Waals surface area contributed by atoms with Crippen molar-refractivity contribution in [3.05, 3.63) is 153 Å². The Morgan fingerprint density at radius 2 is 0.707 bits per heavy atom. The molecular weight excluding hydrogens is 1820 g/mol. The quantitative estimate of drug-likeness (QED) is 0.0144. The fraction of sp³-hybridized carbons (Fsp3) is 0.380. The minimum atomic E-state index is -3.71. The van der Waals surface area contributed by atoms with Crippen molar-refractivity contribution in [3.8, 4) is 0 Å². The van der Waals surface area contributed by atoms with Crippen molar-refractivity contribution in [2.75, 3.05) is 80.3 Å². The Hall–Kier alpha value is -16.3. The van der Waals surface area contributed by atoms with Gasteiger partial charge in [-0.3, -0.25) is 74.5 Å². The van der Waals surface area contributed by atoms with E-state index in [0.29, 0.717) is 168 Å². The van der Waals surface area contributed by atoms with E-state index in [4.69, 9.17) is 0 Å². The second-order valence-electron chi connectivity index (χ2n) is 36.3. The number of nitrogens with zero attached hydrogens (tertiary/aromatic N) is 21. The van der Waals surface area contributed by atoms with Crippen molar-refractivity contribution in [2.24, 2.45) is 5.92 Å². The molecule has 47 nitrogen and oxygen atoms in total. The van der Waals surface area contributed by atoms with Gasteiger partial charge in [-0.25, -0.2) is 8.42 Å². The lowest BCUT2D eigenvalue weighted by molar-refractivity contribution is -0.125. The molecule has 24 rings (SSSR count). The molecule has 0 spiro atoms. The van der Waals surface area contributed by atoms with Crippen molar-refractivity contribution in [2.45, 2.75) is 190 Å². The molecule has 10 aromatic heterocycles. The molecule has 16 heterocycles. The molecule has 6 aliphatic heterocycles. The van der Waals surface area contributed by atoms with Crippen LogP contribution in [0.2, 0.25) is 0 Å². The summed E-state index contributed by atoms with van der Waals surface area (Å²) in [6.45, 7) is 8.45. The maximum absolute atomic E-state index is 12.0. The average molecular weight is 1920 g/mol. The van der Waals surface area contributed by atoms with Crippen molar-refractivity contribution in [1.29, 1.82) is 0 Å². The van der Waals surface area contributed by atoms with Crippen LogP contribution < -0.4 is 74.4 Å². The normalized spacial score (nSPS) is 19.9. The van der Waals surface area contributed by atoms with Crippen LogP contribution in [-0.4, -0.2) is 239 Å². The summed E-state index contributed by atoms with van der Waals surface area (Å²) in [6.07, 6.45) is 34.7. The fourth-order valence-corrected chi connectivity index (χ4v) is 16.6. The Morgan fingerprint density at radius 3 is 1.06 bits per heavy atom. The van der Waals surface area contributed by atoms with Gasteiger partial charge in [0, 0.05) is 110 Å². The molecule has 2 aromatic carbocycles. The predicted octanol–water partition coefficient (Wildman–Crippen LogP) is 6.07. The first-order valence-corrected chi connectivity index (χ1v) is 48.6. The van der Waals surface area contributed by atoms with Crippen LogP contribution in [-0.2, 0) is 57.8 Å². The molecule has 12 fully saturated rings. The van der Waals surface area contributed by atoms with Crippen LogP contribution in [0.15, 0.2) is 125 Å². The fourth-order valence-electron chi connectivity index (χ4n) is 16.0. The van der Waals surface area contributed by atoms with E-state index >= 15 is 0 Å². The number of nitrogens with one attached hydrogen (secondary N) is 14. The Balaban J connectivity index is 0.000000108. The average Bonchev–Trinajstić information content (AvgIpc) is 1.64. The number of carbonyl (C=O) groups is 10. The van der Waals surface area contributed by atoms with E-state index in [9.17, 15) is 56.4 Å². The maximum Gasteiger partial charge on any atom is 0.254 e. The largest absolute Gasteiger partial charge is 0.354 e. The van der Waals surface area contributed by atoms with Gasteiger partial charge in [-0.1, -0.05) is 48.5 Å². The standard InChI is InChI=1S/C21H21N7O2.C20H26N8O2.C18H21N7O2.C17H14N6O4S.C16H17N7O2/c1-12(13-5-3-2-4-6-13)23-20-26-18-15(9-14-10-17(29)25-19(14)30)11-22-28(18)21(27-20)24-16-7-8-16;29-16-11-13(18(30)24-16)10-14-12-22-28-17(14)25-19(26-20(28)23-15-4-5-15)21-6-3-9-27-7-1-2-8-27;1-9(10-2-3-10)20-17-23-15-12(6-11-7-14(26)22-16(11)27)8-19-25(15)18(24-17)21-13-4-5-13;1-28(26,27)17-21-14-11(7-10-8-13(24)20-15(10)25)9-18-23(14)16(22-17)19-12-5-3-2-4-6-12;24-12-6-8(14(25)20-12)5-9-7-17-23-13(9)21-15(18-10-1-2-10)22-16(23)19-11-3-4-11/h2-6,9,11-12,16H,7-8,10H2,1H3,(H,25,29,30)(H2,23,24,26,27);10,12,15H,1-9,11H2,(H,24,29,30)(H2,21,23,25,26);6,8-10,13H,2-5,7H2,1H3,(H,22,26,27)(H2,20,21,23,24);2-7,9H,8H2,1H3,(H,19,21,22)(H,20,24,25);5,7,10-11H,1-4,6H2,(H,20,24,25)(H2,18,19,21,22)/b14-9+;13-10+;11-6+;10-7+;8-5+. The molecule has 140 heavy (non-hydrogen) atoms. The van der Waals surface area contributed by atoms with E-state index in [1.54, 1.807) is 79.3 Å². The van der Waals surface area contributed by atoms with E-state index in [-0.39, 0.29) is 108 Å². The third-order valence-electron chi connectivity index (χ3n) is 24.5. The summed E-state index contributed by atoms with van der Waals surface area (Å²) < 4.78 is 32.0. The van der Waals surface area contributed by atoms with Crippen molar-refractivity contribution >= 4 is 187 Å². The Kier molecular flexibility index (Phi) is 25.5. The van der Waals surface area contributed by atoms with Crippen LogP contribution in [0, 0.1) is 5.92 Å². The molecule has 10 amide bonds. The molecule has 6 saturated carbocycles. The molecular formula is C92H99N35O12S. The van der Waals surface area contributed by atoms with E-state index in [1.165, 1.54) is 55.6 Å². The van der Waals surface area contributed by atoms with E-state index in [2.05, 4.69) is 162 Å². The molecule has 14 N–H and O–H groups in total. The smallest absolute Gasteiger partial charge is 0.254 e. The van der Waals surface area contributed by atoms with Crippen LogP contribution in [0.5, 0.6) is 0 Å². The maximum atomic E-state index is 12.0. The minimum absolute atomic E-state index is 0.00498. The van der Waals surface area contributed by atoms with Gasteiger partial charge in [0.15, 0.2) is 28.2 Å². The first-order valence-electron chi connectivity index (χ1n) is 46.7. The van der Waals surface area contributed by atoms with Crippen LogP contribution in [0.4, 0.5) is 59.2 Å². The number of carbonyl (C=O) groups excluding carboxylic acids is 10. The van der Waals surface area contributed by atoms with Gasteiger partial charge in [0.2, 0.25) is 92.9 Å². The summed E-state index contributed by atoms with van der Waals surface area (Å²) in [5.74, 6) is 1.98. The number of sulfone groups is 1. The molecule has 48 heteroatoms. The van der Waals surface area contributed by atoms with Crippen LogP contribution in [0.3, 0.4) is 0 Å². The van der Waals surface area contributed by atoms with Crippen LogP contribution in [0.25, 0.3) is 58.6 Å². The summed E-state index contributed by atoms with van der Waals surface area (Å²) in [6, 6.07) is 21.5. The van der Waals surface area contributed by atoms with Gasteiger partial charge in [-0.15, -0.1) is 0 Å². The first-order chi connectivity index (χ1) is 67.7. The van der Waals surface area contributed by atoms with Crippen molar-refractivity contribution in [3.63, 3.8) is 0 Å². The lowest BCUT2D eigenvalue weighted by atomic mass is 10.1. The van der Waals surface area contributed by atoms with Crippen LogP contribution >= 0.6 is 0 Å². The monoisotopic (exact) mass is 1920 g/mol. The molecule has 0 bridgehead atoms. The number of para-hydroxylation sites is 1. The number of rotatable bonds is 29. The second-order valence-corrected chi connectivity index (χ2v) is 38.2. The number of likely N-dealkylation sites (tertiary alicyclic amines) is 1. The number of aromatic nitrogens is 20. The summed E-state index contributed by atoms with van der Waals surface area (Å²) in [5, 5.41) is 62.7. The number of hydrogen-bond acceptors (Lipinski definition) is 37. The number of imide groups is 5. The zero-order chi connectivity index (χ0) is 96.6. The van der Waals surface area contributed by atoms with Gasteiger partial charge in [-0.05, 0) is 184 Å². The molecule has 0 radical (unpaired) electrons. The van der Waals surface area contributed by atoms with E-state index in [1.807, 2.05) is 55.5 Å². The highest BCUT2D eigenvalue weighted by atomic mass is 32.2. The zero-order valence-electron chi connectivity index (χ0n) is 76.3. The molecule has 6 aliphatic carbocycles. The molecule has 12 aliphatic rings. The van der Waals surface area contributed by atoms with Gasteiger partial charge in [0.05, 0.1) is 69.1 Å².